The smallest absolute Gasteiger partial charge is 0.149 e. The van der Waals surface area contributed by atoms with E-state index in [1.165, 1.54) is 0 Å². The highest BCUT2D eigenvalue weighted by Crippen LogP contribution is 2.53. The van der Waals surface area contributed by atoms with Gasteiger partial charge < -0.3 is 0 Å². The summed E-state index contributed by atoms with van der Waals surface area (Å²) in [7, 11) is -1.28. The van der Waals surface area contributed by atoms with Gasteiger partial charge in [-0.1, -0.05) is 11.6 Å². The molecule has 1 fully saturated rings. The zero-order chi connectivity index (χ0) is 16.8. The van der Waals surface area contributed by atoms with Crippen molar-refractivity contribution in [2.75, 3.05) is 0 Å². The molecular formula is C15H21ClN4OS. The zero-order valence-corrected chi connectivity index (χ0v) is 15.1. The lowest BCUT2D eigenvalue weighted by atomic mass is 9.59. The van der Waals surface area contributed by atoms with Crippen LogP contribution in [-0.4, -0.2) is 18.9 Å². The van der Waals surface area contributed by atoms with Crippen molar-refractivity contribution in [2.45, 2.75) is 57.7 Å². The van der Waals surface area contributed by atoms with Crippen LogP contribution in [0.3, 0.4) is 0 Å². The van der Waals surface area contributed by atoms with Gasteiger partial charge in [0.1, 0.15) is 5.82 Å². The third-order valence-corrected chi connectivity index (χ3v) is 5.91. The Hall–Kier alpha value is -1.03. The summed E-state index contributed by atoms with van der Waals surface area (Å²) in [5.41, 5.74) is -0.413. The molecule has 1 aromatic rings. The average Bonchev–Trinajstić information content (AvgIpc) is 2.38. The van der Waals surface area contributed by atoms with Gasteiger partial charge in [0.2, 0.25) is 0 Å². The van der Waals surface area contributed by atoms with Crippen molar-refractivity contribution in [3.63, 3.8) is 0 Å². The fraction of sp³-hybridized carbons (Fsp3) is 0.667. The highest BCUT2D eigenvalue weighted by molar-refractivity contribution is 7.84. The summed E-state index contributed by atoms with van der Waals surface area (Å²) >= 11 is 6.00. The molecule has 0 saturated heterocycles. The summed E-state index contributed by atoms with van der Waals surface area (Å²) in [5.74, 6) is 0.555. The Labute approximate surface area is 139 Å². The molecule has 2 rings (SSSR count). The van der Waals surface area contributed by atoms with E-state index >= 15 is 0 Å². The molecule has 1 aliphatic carbocycles. The maximum atomic E-state index is 12.5. The minimum absolute atomic E-state index is 0.410. The Balaban J connectivity index is 2.38. The predicted octanol–water partition coefficient (Wildman–Crippen LogP) is 3.01. The molecule has 1 aliphatic rings. The standard InChI is InChI=1S/C15H21ClN4OS/c1-10-11(16)6-18-12(19-10)15(7-14(5,8-15)9-17)20-22(21)13(2,3)4/h6,20H,7-8H2,1-5H3. The van der Waals surface area contributed by atoms with E-state index in [-0.39, 0.29) is 0 Å². The number of halogens is 1. The third kappa shape index (κ3) is 3.17. The number of aryl methyl sites for hydroxylation is 1. The van der Waals surface area contributed by atoms with Gasteiger partial charge in [-0.2, -0.15) is 5.26 Å². The minimum atomic E-state index is -1.28. The summed E-state index contributed by atoms with van der Waals surface area (Å²) in [6.07, 6.45) is 2.61. The summed E-state index contributed by atoms with van der Waals surface area (Å²) in [4.78, 5) is 8.77. The molecule has 1 atom stereocenters. The SMILES string of the molecule is Cc1nc(C2(NS(=O)C(C)(C)C)CC(C)(C#N)C2)ncc1Cl. The van der Waals surface area contributed by atoms with Crippen molar-refractivity contribution in [1.29, 1.82) is 5.26 Å². The van der Waals surface area contributed by atoms with Gasteiger partial charge >= 0.3 is 0 Å². The molecule has 1 aromatic heterocycles. The van der Waals surface area contributed by atoms with E-state index in [0.717, 1.165) is 0 Å². The second kappa shape index (κ2) is 5.55. The monoisotopic (exact) mass is 340 g/mol. The summed E-state index contributed by atoms with van der Waals surface area (Å²) in [5, 5.41) is 9.80. The summed E-state index contributed by atoms with van der Waals surface area (Å²) in [6, 6.07) is 2.32. The molecule has 0 spiro atoms. The van der Waals surface area contributed by atoms with Crippen LogP contribution in [0.5, 0.6) is 0 Å². The van der Waals surface area contributed by atoms with Crippen LogP contribution in [0.1, 0.15) is 52.1 Å². The number of nitriles is 1. The van der Waals surface area contributed by atoms with Crippen molar-refractivity contribution in [2.24, 2.45) is 5.41 Å². The van der Waals surface area contributed by atoms with Crippen LogP contribution in [0.2, 0.25) is 5.02 Å². The van der Waals surface area contributed by atoms with Crippen LogP contribution >= 0.6 is 11.6 Å². The molecule has 1 N–H and O–H groups in total. The largest absolute Gasteiger partial charge is 0.242 e. The molecule has 0 bridgehead atoms. The van der Waals surface area contributed by atoms with Crippen molar-refractivity contribution in [3.05, 3.63) is 22.7 Å². The van der Waals surface area contributed by atoms with Gasteiger partial charge in [-0.3, -0.25) is 0 Å². The van der Waals surface area contributed by atoms with Crippen molar-refractivity contribution < 1.29 is 4.21 Å². The quantitative estimate of drug-likeness (QED) is 0.917. The summed E-state index contributed by atoms with van der Waals surface area (Å²) in [6.45, 7) is 9.42. The lowest BCUT2D eigenvalue weighted by Crippen LogP contribution is -2.59. The van der Waals surface area contributed by atoms with Gasteiger partial charge in [0.25, 0.3) is 0 Å². The van der Waals surface area contributed by atoms with Crippen molar-refractivity contribution >= 4 is 22.6 Å². The van der Waals surface area contributed by atoms with Crippen LogP contribution < -0.4 is 4.72 Å². The van der Waals surface area contributed by atoms with Gasteiger partial charge in [0.05, 0.1) is 43.5 Å². The molecule has 0 amide bonds. The van der Waals surface area contributed by atoms with E-state index in [1.54, 1.807) is 6.20 Å². The van der Waals surface area contributed by atoms with Gasteiger partial charge in [-0.15, -0.1) is 0 Å². The Morgan fingerprint density at radius 2 is 2.05 bits per heavy atom. The van der Waals surface area contributed by atoms with Crippen LogP contribution in [0.15, 0.2) is 6.20 Å². The normalized spacial score (nSPS) is 29.5. The van der Waals surface area contributed by atoms with Crippen LogP contribution in [0, 0.1) is 23.7 Å². The maximum absolute atomic E-state index is 12.5. The summed E-state index contributed by atoms with van der Waals surface area (Å²) < 4.78 is 15.3. The highest BCUT2D eigenvalue weighted by atomic mass is 35.5. The van der Waals surface area contributed by atoms with E-state index in [4.69, 9.17) is 11.6 Å². The van der Waals surface area contributed by atoms with E-state index < -0.39 is 26.7 Å². The van der Waals surface area contributed by atoms with Crippen molar-refractivity contribution in [1.82, 2.24) is 14.7 Å². The second-order valence-electron chi connectivity index (χ2n) is 7.22. The van der Waals surface area contributed by atoms with Gasteiger partial charge in [-0.05, 0) is 47.5 Å². The predicted molar refractivity (Wildman–Crippen MR) is 87.4 cm³/mol. The van der Waals surface area contributed by atoms with E-state index in [9.17, 15) is 9.47 Å². The first-order valence-electron chi connectivity index (χ1n) is 7.12. The number of aromatic nitrogens is 2. The number of nitrogens with zero attached hydrogens (tertiary/aromatic N) is 3. The van der Waals surface area contributed by atoms with Crippen LogP contribution in [-0.2, 0) is 16.5 Å². The van der Waals surface area contributed by atoms with Crippen LogP contribution in [0.4, 0.5) is 0 Å². The molecule has 0 aliphatic heterocycles. The van der Waals surface area contributed by atoms with E-state index in [0.29, 0.717) is 29.4 Å². The number of hydrogen-bond donors (Lipinski definition) is 1. The molecule has 1 unspecified atom stereocenters. The lowest BCUT2D eigenvalue weighted by molar-refractivity contribution is 0.0739. The fourth-order valence-electron chi connectivity index (χ4n) is 2.65. The molecule has 22 heavy (non-hydrogen) atoms. The molecule has 5 nitrogen and oxygen atoms in total. The van der Waals surface area contributed by atoms with E-state index in [2.05, 4.69) is 20.8 Å². The first kappa shape index (κ1) is 17.3. The minimum Gasteiger partial charge on any atom is -0.242 e. The fourth-order valence-corrected chi connectivity index (χ4v) is 3.64. The van der Waals surface area contributed by atoms with Gasteiger partial charge in [-0.25, -0.2) is 18.9 Å². The molecule has 1 saturated carbocycles. The van der Waals surface area contributed by atoms with Crippen LogP contribution in [0.25, 0.3) is 0 Å². The lowest BCUT2D eigenvalue weighted by Gasteiger charge is -2.50. The second-order valence-corrected chi connectivity index (χ2v) is 9.59. The third-order valence-electron chi connectivity index (χ3n) is 3.85. The first-order valence-corrected chi connectivity index (χ1v) is 8.65. The topological polar surface area (TPSA) is 78.7 Å². The zero-order valence-electron chi connectivity index (χ0n) is 13.5. The molecule has 0 radical (unpaired) electrons. The number of rotatable bonds is 3. The average molecular weight is 341 g/mol. The molecular weight excluding hydrogens is 320 g/mol. The van der Waals surface area contributed by atoms with Gasteiger partial charge in [0.15, 0.2) is 0 Å². The Kier molecular flexibility index (Phi) is 4.37. The Morgan fingerprint density at radius 3 is 2.50 bits per heavy atom. The molecule has 120 valence electrons. The van der Waals surface area contributed by atoms with Gasteiger partial charge in [0, 0.05) is 6.20 Å². The Morgan fingerprint density at radius 1 is 1.45 bits per heavy atom. The molecule has 7 heteroatoms. The number of nitrogens with one attached hydrogen (secondary N) is 1. The Bertz CT molecular complexity index is 656. The highest BCUT2D eigenvalue weighted by Gasteiger charge is 2.56. The van der Waals surface area contributed by atoms with E-state index in [1.807, 2.05) is 34.6 Å². The molecule has 1 heterocycles. The number of hydrogen-bond acceptors (Lipinski definition) is 4. The molecule has 0 aromatic carbocycles. The maximum Gasteiger partial charge on any atom is 0.149 e. The van der Waals surface area contributed by atoms with Crippen molar-refractivity contribution in [3.8, 4) is 6.07 Å². The first-order chi connectivity index (χ1) is 10.0.